The molecule has 0 aliphatic rings. The van der Waals surface area contributed by atoms with E-state index in [9.17, 15) is 0 Å². The fraction of sp³-hybridized carbons (Fsp3) is 0.500. The summed E-state index contributed by atoms with van der Waals surface area (Å²) in [6.45, 7) is 7.60. The molecule has 21 heavy (non-hydrogen) atoms. The maximum atomic E-state index is 5.43. The molecule has 0 amide bonds. The van der Waals surface area contributed by atoms with E-state index in [1.807, 2.05) is 38.9 Å². The average Bonchev–Trinajstić information content (AvgIpc) is 2.78. The predicted octanol–water partition coefficient (Wildman–Crippen LogP) is 0.789. The molecule has 4 N–H and O–H groups in total. The van der Waals surface area contributed by atoms with E-state index in [1.54, 1.807) is 4.68 Å². The number of hydrogen-bond donors (Lipinski definition) is 3. The molecule has 114 valence electrons. The van der Waals surface area contributed by atoms with Crippen LogP contribution in [0.2, 0.25) is 0 Å². The lowest BCUT2D eigenvalue weighted by Gasteiger charge is -2.19. The van der Waals surface area contributed by atoms with Crippen molar-refractivity contribution in [3.8, 4) is 0 Å². The Hall–Kier alpha value is -2.42. The molecule has 9 heteroatoms. The van der Waals surface area contributed by atoms with Gasteiger partial charge < -0.3 is 10.2 Å². The molecule has 0 aromatic carbocycles. The van der Waals surface area contributed by atoms with Crippen molar-refractivity contribution in [2.75, 3.05) is 28.7 Å². The molecule has 0 saturated carbocycles. The molecule has 0 spiro atoms. The van der Waals surface area contributed by atoms with Gasteiger partial charge >= 0.3 is 0 Å². The third kappa shape index (κ3) is 3.37. The normalized spacial score (nSPS) is 10.5. The van der Waals surface area contributed by atoms with Gasteiger partial charge in [0.05, 0.1) is 11.4 Å². The van der Waals surface area contributed by atoms with Crippen LogP contribution in [0.5, 0.6) is 0 Å². The van der Waals surface area contributed by atoms with Gasteiger partial charge in [0.1, 0.15) is 0 Å². The van der Waals surface area contributed by atoms with Crippen molar-refractivity contribution in [1.29, 1.82) is 0 Å². The van der Waals surface area contributed by atoms with E-state index in [4.69, 9.17) is 5.84 Å². The van der Waals surface area contributed by atoms with Crippen molar-refractivity contribution in [1.82, 2.24) is 24.7 Å². The van der Waals surface area contributed by atoms with Crippen LogP contribution in [-0.2, 0) is 7.05 Å². The zero-order valence-corrected chi connectivity index (χ0v) is 12.8. The van der Waals surface area contributed by atoms with Crippen molar-refractivity contribution >= 4 is 23.5 Å². The van der Waals surface area contributed by atoms with Crippen molar-refractivity contribution in [2.45, 2.75) is 20.8 Å². The van der Waals surface area contributed by atoms with Gasteiger partial charge in [0.25, 0.3) is 0 Å². The Balaban J connectivity index is 2.34. The molecule has 9 nitrogen and oxygen atoms in total. The van der Waals surface area contributed by atoms with E-state index in [2.05, 4.69) is 30.8 Å². The number of aryl methyl sites for hydroxylation is 2. The molecule has 2 rings (SSSR count). The van der Waals surface area contributed by atoms with Crippen LogP contribution in [0.4, 0.5) is 23.5 Å². The highest BCUT2D eigenvalue weighted by Crippen LogP contribution is 2.19. The van der Waals surface area contributed by atoms with Crippen LogP contribution in [-0.4, -0.2) is 37.8 Å². The Morgan fingerprint density at radius 2 is 1.86 bits per heavy atom. The molecule has 0 unspecified atom stereocenters. The molecule has 0 fully saturated rings. The number of nitrogens with one attached hydrogen (secondary N) is 2. The zero-order chi connectivity index (χ0) is 15.4. The number of rotatable bonds is 6. The van der Waals surface area contributed by atoms with Gasteiger partial charge in [0.2, 0.25) is 17.8 Å². The molecule has 0 atom stereocenters. The summed E-state index contributed by atoms with van der Waals surface area (Å²) < 4.78 is 1.73. The summed E-state index contributed by atoms with van der Waals surface area (Å²) in [4.78, 5) is 14.9. The second-order valence-corrected chi connectivity index (χ2v) is 4.53. The van der Waals surface area contributed by atoms with Crippen molar-refractivity contribution in [2.24, 2.45) is 12.9 Å². The lowest BCUT2D eigenvalue weighted by atomic mass is 10.4. The minimum absolute atomic E-state index is 0.316. The Morgan fingerprint density at radius 3 is 2.38 bits per heavy atom. The van der Waals surface area contributed by atoms with E-state index in [1.165, 1.54) is 0 Å². The first-order valence-electron chi connectivity index (χ1n) is 6.82. The van der Waals surface area contributed by atoms with Crippen LogP contribution in [0.3, 0.4) is 0 Å². The maximum absolute atomic E-state index is 5.43. The molecule has 0 saturated heterocycles. The first-order valence-corrected chi connectivity index (χ1v) is 6.82. The van der Waals surface area contributed by atoms with Gasteiger partial charge in [-0.2, -0.15) is 20.1 Å². The van der Waals surface area contributed by atoms with Crippen LogP contribution in [0.1, 0.15) is 19.5 Å². The van der Waals surface area contributed by atoms with E-state index < -0.39 is 0 Å². The summed E-state index contributed by atoms with van der Waals surface area (Å²) in [5, 5.41) is 7.42. The van der Waals surface area contributed by atoms with Crippen LogP contribution in [0.25, 0.3) is 0 Å². The summed E-state index contributed by atoms with van der Waals surface area (Å²) in [6, 6.07) is 0. The van der Waals surface area contributed by atoms with E-state index in [0.717, 1.165) is 24.5 Å². The fourth-order valence-corrected chi connectivity index (χ4v) is 1.98. The van der Waals surface area contributed by atoms with Crippen molar-refractivity contribution in [3.05, 3.63) is 11.9 Å². The number of nitrogens with two attached hydrogens (primary N) is 1. The van der Waals surface area contributed by atoms with Gasteiger partial charge in [-0.1, -0.05) is 0 Å². The largest absolute Gasteiger partial charge is 0.341 e. The van der Waals surface area contributed by atoms with Crippen molar-refractivity contribution in [3.63, 3.8) is 0 Å². The molecular formula is C12H21N9. The third-order valence-electron chi connectivity index (χ3n) is 3.06. The molecule has 0 aliphatic heterocycles. The number of hydrazine groups is 1. The molecule has 2 heterocycles. The highest BCUT2D eigenvalue weighted by Gasteiger charge is 2.12. The van der Waals surface area contributed by atoms with Gasteiger partial charge in [0.15, 0.2) is 0 Å². The second kappa shape index (κ2) is 6.35. The Kier molecular flexibility index (Phi) is 4.53. The van der Waals surface area contributed by atoms with Gasteiger partial charge in [-0.25, -0.2) is 5.84 Å². The molecule has 0 radical (unpaired) electrons. The van der Waals surface area contributed by atoms with E-state index >= 15 is 0 Å². The Morgan fingerprint density at radius 1 is 1.19 bits per heavy atom. The second-order valence-electron chi connectivity index (χ2n) is 4.53. The Labute approximate surface area is 123 Å². The van der Waals surface area contributed by atoms with Gasteiger partial charge in [-0.15, -0.1) is 0 Å². The number of aromatic nitrogens is 5. The first-order chi connectivity index (χ1) is 10.1. The van der Waals surface area contributed by atoms with E-state index in [-0.39, 0.29) is 0 Å². The molecule has 2 aromatic rings. The number of nitrogen functional groups attached to an aromatic ring is 1. The highest BCUT2D eigenvalue weighted by molar-refractivity contribution is 5.57. The number of hydrogen-bond acceptors (Lipinski definition) is 8. The minimum Gasteiger partial charge on any atom is -0.341 e. The van der Waals surface area contributed by atoms with Gasteiger partial charge in [-0.3, -0.25) is 10.1 Å². The van der Waals surface area contributed by atoms with Crippen LogP contribution < -0.4 is 21.5 Å². The number of anilines is 4. The minimum atomic E-state index is 0.316. The fourth-order valence-electron chi connectivity index (χ4n) is 1.98. The SMILES string of the molecule is CCN(CC)c1nc(NN)nc(Nc2cn(C)nc2C)n1. The molecule has 0 aliphatic carbocycles. The van der Waals surface area contributed by atoms with Gasteiger partial charge in [-0.05, 0) is 20.8 Å². The average molecular weight is 291 g/mol. The van der Waals surface area contributed by atoms with Crippen LogP contribution >= 0.6 is 0 Å². The summed E-state index contributed by atoms with van der Waals surface area (Å²) in [7, 11) is 1.86. The van der Waals surface area contributed by atoms with Crippen LogP contribution in [0, 0.1) is 6.92 Å². The monoisotopic (exact) mass is 291 g/mol. The zero-order valence-electron chi connectivity index (χ0n) is 12.8. The summed E-state index contributed by atoms with van der Waals surface area (Å²) in [5.41, 5.74) is 4.18. The standard InChI is InChI=1S/C12H21N9/c1-5-21(6-2)12-16-10(15-11(17-12)18-13)14-9-7-20(4)19-8(9)3/h7H,5-6,13H2,1-4H3,(H2,14,15,16,17,18). The quantitative estimate of drug-likeness (QED) is 0.529. The van der Waals surface area contributed by atoms with E-state index in [0.29, 0.717) is 17.8 Å². The predicted molar refractivity (Wildman–Crippen MR) is 82.4 cm³/mol. The first kappa shape index (κ1) is 15.0. The maximum Gasteiger partial charge on any atom is 0.243 e. The summed E-state index contributed by atoms with van der Waals surface area (Å²) in [5.74, 6) is 6.75. The lowest BCUT2D eigenvalue weighted by molar-refractivity contribution is 0.756. The summed E-state index contributed by atoms with van der Waals surface area (Å²) >= 11 is 0. The number of nitrogens with zero attached hydrogens (tertiary/aromatic N) is 6. The van der Waals surface area contributed by atoms with Gasteiger partial charge in [0, 0.05) is 26.3 Å². The Bertz CT molecular complexity index is 603. The molecule has 2 aromatic heterocycles. The van der Waals surface area contributed by atoms with Crippen molar-refractivity contribution < 1.29 is 0 Å². The third-order valence-corrected chi connectivity index (χ3v) is 3.06. The highest BCUT2D eigenvalue weighted by atomic mass is 15.4. The topological polar surface area (TPSA) is 110 Å². The van der Waals surface area contributed by atoms with Crippen LogP contribution in [0.15, 0.2) is 6.20 Å². The molecular weight excluding hydrogens is 270 g/mol. The summed E-state index contributed by atoms with van der Waals surface area (Å²) in [6.07, 6.45) is 1.87. The molecule has 0 bridgehead atoms. The lowest BCUT2D eigenvalue weighted by Crippen LogP contribution is -2.25. The smallest absolute Gasteiger partial charge is 0.243 e.